The number of carbonyl (C=O) groups is 2. The lowest BCUT2D eigenvalue weighted by molar-refractivity contribution is -0.123. The Balaban J connectivity index is 1.52. The number of para-hydroxylation sites is 1. The van der Waals surface area contributed by atoms with E-state index in [1.807, 2.05) is 63.2 Å². The maximum Gasteiger partial charge on any atom is 0.262 e. The van der Waals surface area contributed by atoms with Gasteiger partial charge in [-0.25, -0.2) is 5.43 Å². The van der Waals surface area contributed by atoms with Crippen molar-refractivity contribution in [3.8, 4) is 0 Å². The minimum atomic E-state index is -0.757. The van der Waals surface area contributed by atoms with Crippen LogP contribution < -0.4 is 10.7 Å². The molecule has 4 aromatic rings. The summed E-state index contributed by atoms with van der Waals surface area (Å²) in [4.78, 5) is 25.6. The number of carbonyl (C=O) groups excluding carboxylic acids is 2. The molecule has 0 fully saturated rings. The van der Waals surface area contributed by atoms with Gasteiger partial charge >= 0.3 is 0 Å². The first kappa shape index (κ1) is 26.5. The number of amides is 2. The highest BCUT2D eigenvalue weighted by Gasteiger charge is 2.24. The van der Waals surface area contributed by atoms with Crippen LogP contribution in [0.5, 0.6) is 0 Å². The highest BCUT2D eigenvalue weighted by Crippen LogP contribution is 2.26. The molecule has 0 bridgehead atoms. The van der Waals surface area contributed by atoms with Crippen molar-refractivity contribution < 1.29 is 9.59 Å². The van der Waals surface area contributed by atoms with E-state index in [4.69, 9.17) is 23.2 Å². The van der Waals surface area contributed by atoms with Gasteiger partial charge in [0.15, 0.2) is 0 Å². The zero-order valence-electron chi connectivity index (χ0n) is 20.8. The Labute approximate surface area is 226 Å². The second kappa shape index (κ2) is 11.6. The molecule has 3 aromatic carbocycles. The van der Waals surface area contributed by atoms with Gasteiger partial charge in [0.2, 0.25) is 0 Å². The Hall–Kier alpha value is -3.61. The van der Waals surface area contributed by atoms with E-state index < -0.39 is 11.9 Å². The van der Waals surface area contributed by atoms with Gasteiger partial charge < -0.3 is 9.88 Å². The second-order valence-electron chi connectivity index (χ2n) is 9.17. The van der Waals surface area contributed by atoms with Crippen LogP contribution in [0.15, 0.2) is 77.9 Å². The third-order valence-corrected chi connectivity index (χ3v) is 6.75. The molecule has 4 rings (SSSR count). The van der Waals surface area contributed by atoms with E-state index in [0.29, 0.717) is 22.2 Å². The van der Waals surface area contributed by atoms with Gasteiger partial charge in [0, 0.05) is 44.3 Å². The maximum atomic E-state index is 12.9. The molecule has 0 saturated heterocycles. The standard InChI is InChI=1S/C29H28Cl2N4O2/c1-18(2)27(33-28(36)21-10-14-23(31)15-11-21)29(37)34-32-16-25-19(3)35(26-7-5-4-6-24(25)26)17-20-8-12-22(30)13-9-20/h4-16,18,27H,17H2,1-3H3,(H,33,36)(H,34,37)/b32-16-. The quantitative estimate of drug-likeness (QED) is 0.208. The fourth-order valence-corrected chi connectivity index (χ4v) is 4.44. The molecule has 0 radical (unpaired) electrons. The van der Waals surface area contributed by atoms with E-state index in [-0.39, 0.29) is 11.8 Å². The van der Waals surface area contributed by atoms with E-state index in [0.717, 1.165) is 27.7 Å². The van der Waals surface area contributed by atoms with Crippen LogP contribution in [0, 0.1) is 12.8 Å². The Morgan fingerprint density at radius 1 is 0.946 bits per heavy atom. The fraction of sp³-hybridized carbons (Fsp3) is 0.207. The smallest absolute Gasteiger partial charge is 0.262 e. The number of aromatic nitrogens is 1. The number of rotatable bonds is 8. The number of fused-ring (bicyclic) bond motifs is 1. The van der Waals surface area contributed by atoms with Crippen LogP contribution in [0.2, 0.25) is 10.0 Å². The third kappa shape index (κ3) is 6.21. The largest absolute Gasteiger partial charge is 0.340 e. The monoisotopic (exact) mass is 534 g/mol. The lowest BCUT2D eigenvalue weighted by atomic mass is 10.0. The minimum Gasteiger partial charge on any atom is -0.340 e. The first-order valence-corrected chi connectivity index (χ1v) is 12.7. The van der Waals surface area contributed by atoms with Crippen LogP contribution in [-0.2, 0) is 11.3 Å². The topological polar surface area (TPSA) is 75.5 Å². The first-order chi connectivity index (χ1) is 17.7. The van der Waals surface area contributed by atoms with Crippen LogP contribution in [0.4, 0.5) is 0 Å². The summed E-state index contributed by atoms with van der Waals surface area (Å²) in [6.45, 7) is 6.44. The Morgan fingerprint density at radius 2 is 1.57 bits per heavy atom. The Kier molecular flexibility index (Phi) is 8.31. The van der Waals surface area contributed by atoms with E-state index >= 15 is 0 Å². The van der Waals surface area contributed by atoms with Crippen LogP contribution in [0.1, 0.15) is 41.0 Å². The summed E-state index contributed by atoms with van der Waals surface area (Å²) in [6.07, 6.45) is 1.66. The van der Waals surface area contributed by atoms with Gasteiger partial charge in [-0.1, -0.05) is 67.4 Å². The van der Waals surface area contributed by atoms with Crippen molar-refractivity contribution >= 4 is 52.1 Å². The molecular weight excluding hydrogens is 507 g/mol. The summed E-state index contributed by atoms with van der Waals surface area (Å²) < 4.78 is 2.21. The molecule has 0 aliphatic rings. The number of nitrogens with one attached hydrogen (secondary N) is 2. The van der Waals surface area contributed by atoms with Crippen molar-refractivity contribution in [2.45, 2.75) is 33.4 Å². The first-order valence-electron chi connectivity index (χ1n) is 12.0. The summed E-state index contributed by atoms with van der Waals surface area (Å²) in [5.41, 5.74) is 7.16. The van der Waals surface area contributed by atoms with Crippen LogP contribution in [0.3, 0.4) is 0 Å². The molecule has 8 heteroatoms. The van der Waals surface area contributed by atoms with E-state index in [1.54, 1.807) is 30.5 Å². The van der Waals surface area contributed by atoms with Crippen molar-refractivity contribution in [3.05, 3.63) is 105 Å². The lowest BCUT2D eigenvalue weighted by Gasteiger charge is -2.20. The van der Waals surface area contributed by atoms with Gasteiger partial charge in [-0.2, -0.15) is 5.10 Å². The Morgan fingerprint density at radius 3 is 2.22 bits per heavy atom. The predicted molar refractivity (Wildman–Crippen MR) is 151 cm³/mol. The summed E-state index contributed by atoms with van der Waals surface area (Å²) in [5, 5.41) is 9.32. The van der Waals surface area contributed by atoms with E-state index in [2.05, 4.69) is 26.5 Å². The highest BCUT2D eigenvalue weighted by molar-refractivity contribution is 6.30. The molecule has 1 heterocycles. The molecule has 190 valence electrons. The minimum absolute atomic E-state index is 0.144. The van der Waals surface area contributed by atoms with Crippen LogP contribution in [-0.4, -0.2) is 28.6 Å². The molecular formula is C29H28Cl2N4O2. The summed E-state index contributed by atoms with van der Waals surface area (Å²) in [5.74, 6) is -0.888. The van der Waals surface area contributed by atoms with Gasteiger partial charge in [-0.3, -0.25) is 9.59 Å². The van der Waals surface area contributed by atoms with Gasteiger partial charge in [0.1, 0.15) is 6.04 Å². The highest BCUT2D eigenvalue weighted by atomic mass is 35.5. The number of hydrogen-bond acceptors (Lipinski definition) is 3. The van der Waals surface area contributed by atoms with Crippen LogP contribution in [0.25, 0.3) is 10.9 Å². The fourth-order valence-electron chi connectivity index (χ4n) is 4.19. The van der Waals surface area contributed by atoms with E-state index in [9.17, 15) is 9.59 Å². The van der Waals surface area contributed by atoms with Crippen molar-refractivity contribution in [2.75, 3.05) is 0 Å². The van der Waals surface area contributed by atoms with Crippen molar-refractivity contribution in [1.29, 1.82) is 0 Å². The number of hydrazone groups is 1. The van der Waals surface area contributed by atoms with Crippen molar-refractivity contribution in [1.82, 2.24) is 15.3 Å². The maximum absolute atomic E-state index is 12.9. The van der Waals surface area contributed by atoms with Gasteiger partial charge in [0.25, 0.3) is 11.8 Å². The molecule has 0 aliphatic heterocycles. The number of hydrogen-bond donors (Lipinski definition) is 2. The number of benzene rings is 3. The van der Waals surface area contributed by atoms with Gasteiger partial charge in [-0.05, 0) is 60.9 Å². The molecule has 1 unspecified atom stereocenters. The molecule has 6 nitrogen and oxygen atoms in total. The number of nitrogens with zero attached hydrogens (tertiary/aromatic N) is 2. The third-order valence-electron chi connectivity index (χ3n) is 6.24. The van der Waals surface area contributed by atoms with E-state index in [1.165, 1.54) is 0 Å². The molecule has 0 aliphatic carbocycles. The molecule has 0 spiro atoms. The van der Waals surface area contributed by atoms with Crippen molar-refractivity contribution in [2.24, 2.45) is 11.0 Å². The SMILES string of the molecule is Cc1c(/C=N\NC(=O)C(NC(=O)c2ccc(Cl)cc2)C(C)C)c2ccccc2n1Cc1ccc(Cl)cc1. The van der Waals surface area contributed by atoms with Gasteiger partial charge in [-0.15, -0.1) is 0 Å². The lowest BCUT2D eigenvalue weighted by Crippen LogP contribution is -2.48. The van der Waals surface area contributed by atoms with Crippen molar-refractivity contribution in [3.63, 3.8) is 0 Å². The molecule has 1 aromatic heterocycles. The molecule has 37 heavy (non-hydrogen) atoms. The molecule has 0 saturated carbocycles. The normalized spacial score (nSPS) is 12.3. The zero-order valence-corrected chi connectivity index (χ0v) is 22.3. The zero-order chi connectivity index (χ0) is 26.5. The average molecular weight is 535 g/mol. The Bertz CT molecular complexity index is 1440. The molecule has 2 amide bonds. The van der Waals surface area contributed by atoms with Crippen LogP contribution >= 0.6 is 23.2 Å². The molecule has 2 N–H and O–H groups in total. The predicted octanol–water partition coefficient (Wildman–Crippen LogP) is 6.21. The molecule has 1 atom stereocenters. The van der Waals surface area contributed by atoms with Gasteiger partial charge in [0.05, 0.1) is 6.21 Å². The number of halogens is 2. The summed E-state index contributed by atoms with van der Waals surface area (Å²) in [6, 6.07) is 21.6. The average Bonchev–Trinajstić information content (AvgIpc) is 3.14. The summed E-state index contributed by atoms with van der Waals surface area (Å²) in [7, 11) is 0. The second-order valence-corrected chi connectivity index (χ2v) is 10.0. The summed E-state index contributed by atoms with van der Waals surface area (Å²) >= 11 is 12.0.